The Morgan fingerprint density at radius 1 is 1.20 bits per heavy atom. The fourth-order valence-corrected chi connectivity index (χ4v) is 3.21. The summed E-state index contributed by atoms with van der Waals surface area (Å²) in [5.41, 5.74) is 0.488. The van der Waals surface area contributed by atoms with Crippen molar-refractivity contribution in [2.45, 2.75) is 25.7 Å². The van der Waals surface area contributed by atoms with Gasteiger partial charge < -0.3 is 20.3 Å². The first kappa shape index (κ1) is 17.7. The highest BCUT2D eigenvalue weighted by Gasteiger charge is 2.21. The summed E-state index contributed by atoms with van der Waals surface area (Å²) in [7, 11) is 0. The molecule has 0 radical (unpaired) electrons. The Morgan fingerprint density at radius 2 is 1.92 bits per heavy atom. The molecule has 136 valence electrons. The smallest absolute Gasteiger partial charge is 0.321 e. The van der Waals surface area contributed by atoms with Crippen LogP contribution in [-0.4, -0.2) is 49.7 Å². The number of hydrogen-bond donors (Lipinski definition) is 2. The topological polar surface area (TPSA) is 70.7 Å². The minimum absolute atomic E-state index is 0.152. The van der Waals surface area contributed by atoms with Crippen LogP contribution in [-0.2, 0) is 4.74 Å². The molecule has 0 aliphatic carbocycles. The highest BCUT2D eigenvalue weighted by atomic mass is 19.1. The number of hydrogen-bond acceptors (Lipinski definition) is 3. The SMILES string of the molecule is O=C(NCC1CCOCC1)c1cc(F)ccc1NC(=O)N1CCCC1. The minimum Gasteiger partial charge on any atom is -0.381 e. The Balaban J connectivity index is 1.65. The molecule has 2 saturated heterocycles. The van der Waals surface area contributed by atoms with Gasteiger partial charge in [0.05, 0.1) is 11.3 Å². The maximum atomic E-state index is 13.6. The fourth-order valence-electron chi connectivity index (χ4n) is 3.21. The van der Waals surface area contributed by atoms with Gasteiger partial charge in [-0.1, -0.05) is 0 Å². The Labute approximate surface area is 146 Å². The Bertz CT molecular complexity index is 626. The second-order valence-electron chi connectivity index (χ2n) is 6.58. The van der Waals surface area contributed by atoms with Gasteiger partial charge in [0.25, 0.3) is 5.91 Å². The minimum atomic E-state index is -0.504. The first-order valence-corrected chi connectivity index (χ1v) is 8.85. The third-order valence-electron chi connectivity index (χ3n) is 4.75. The van der Waals surface area contributed by atoms with Crippen LogP contribution in [0.2, 0.25) is 0 Å². The van der Waals surface area contributed by atoms with Crippen molar-refractivity contribution in [2.24, 2.45) is 5.92 Å². The average Bonchev–Trinajstić information content (AvgIpc) is 3.17. The van der Waals surface area contributed by atoms with Gasteiger partial charge in [-0.05, 0) is 49.8 Å². The van der Waals surface area contributed by atoms with E-state index in [4.69, 9.17) is 4.74 Å². The van der Waals surface area contributed by atoms with E-state index in [0.717, 1.165) is 25.7 Å². The first-order chi connectivity index (χ1) is 12.1. The number of urea groups is 1. The predicted molar refractivity (Wildman–Crippen MR) is 92.1 cm³/mol. The van der Waals surface area contributed by atoms with Crippen LogP contribution in [0.5, 0.6) is 0 Å². The molecule has 3 rings (SSSR count). The number of carbonyl (C=O) groups is 2. The van der Waals surface area contributed by atoms with Gasteiger partial charge in [0, 0.05) is 32.8 Å². The quantitative estimate of drug-likeness (QED) is 0.878. The third kappa shape index (κ3) is 4.69. The lowest BCUT2D eigenvalue weighted by atomic mass is 10.0. The molecule has 2 aliphatic heterocycles. The van der Waals surface area contributed by atoms with E-state index in [-0.39, 0.29) is 17.5 Å². The first-order valence-electron chi connectivity index (χ1n) is 8.85. The van der Waals surface area contributed by atoms with Crippen molar-refractivity contribution in [3.05, 3.63) is 29.6 Å². The molecule has 7 heteroatoms. The number of rotatable bonds is 4. The Kier molecular flexibility index (Phi) is 5.86. The molecule has 2 aliphatic rings. The molecule has 0 aromatic heterocycles. The number of nitrogens with one attached hydrogen (secondary N) is 2. The number of likely N-dealkylation sites (tertiary alicyclic amines) is 1. The zero-order chi connectivity index (χ0) is 17.6. The van der Waals surface area contributed by atoms with Crippen molar-refractivity contribution in [3.63, 3.8) is 0 Å². The van der Waals surface area contributed by atoms with Crippen LogP contribution in [0.1, 0.15) is 36.0 Å². The van der Waals surface area contributed by atoms with Crippen molar-refractivity contribution in [2.75, 3.05) is 38.2 Å². The maximum absolute atomic E-state index is 13.6. The number of ether oxygens (including phenoxy) is 1. The van der Waals surface area contributed by atoms with Crippen molar-refractivity contribution in [3.8, 4) is 0 Å². The number of carbonyl (C=O) groups excluding carboxylic acids is 2. The molecule has 0 saturated carbocycles. The lowest BCUT2D eigenvalue weighted by molar-refractivity contribution is 0.0643. The molecule has 1 aromatic carbocycles. The number of nitrogens with zero attached hydrogens (tertiary/aromatic N) is 1. The summed E-state index contributed by atoms with van der Waals surface area (Å²) >= 11 is 0. The van der Waals surface area contributed by atoms with Crippen LogP contribution < -0.4 is 10.6 Å². The van der Waals surface area contributed by atoms with Crippen LogP contribution >= 0.6 is 0 Å². The fraction of sp³-hybridized carbons (Fsp3) is 0.556. The summed E-state index contributed by atoms with van der Waals surface area (Å²) < 4.78 is 18.9. The molecule has 25 heavy (non-hydrogen) atoms. The summed E-state index contributed by atoms with van der Waals surface area (Å²) in [5, 5.41) is 5.59. The summed E-state index contributed by atoms with van der Waals surface area (Å²) in [6.45, 7) is 3.35. The molecule has 2 N–H and O–H groups in total. The van der Waals surface area contributed by atoms with Crippen molar-refractivity contribution >= 4 is 17.6 Å². The van der Waals surface area contributed by atoms with Crippen LogP contribution in [0.15, 0.2) is 18.2 Å². The molecular formula is C18H24FN3O3. The van der Waals surface area contributed by atoms with E-state index in [2.05, 4.69) is 10.6 Å². The average molecular weight is 349 g/mol. The summed E-state index contributed by atoms with van der Waals surface area (Å²) in [6, 6.07) is 3.60. The van der Waals surface area contributed by atoms with Crippen LogP contribution in [0, 0.1) is 11.7 Å². The summed E-state index contributed by atoms with van der Waals surface area (Å²) in [6.07, 6.45) is 3.77. The van der Waals surface area contributed by atoms with Crippen LogP contribution in [0.4, 0.5) is 14.9 Å². The molecular weight excluding hydrogens is 325 g/mol. The zero-order valence-corrected chi connectivity index (χ0v) is 14.2. The van der Waals surface area contributed by atoms with E-state index in [1.54, 1.807) is 4.90 Å². The van der Waals surface area contributed by atoms with E-state index in [9.17, 15) is 14.0 Å². The highest BCUT2D eigenvalue weighted by Crippen LogP contribution is 2.20. The van der Waals surface area contributed by atoms with Gasteiger partial charge in [-0.25, -0.2) is 9.18 Å². The van der Waals surface area contributed by atoms with E-state index in [1.165, 1.54) is 18.2 Å². The predicted octanol–water partition coefficient (Wildman–Crippen LogP) is 2.61. The van der Waals surface area contributed by atoms with Gasteiger partial charge in [0.2, 0.25) is 0 Å². The largest absolute Gasteiger partial charge is 0.381 e. The Morgan fingerprint density at radius 3 is 2.64 bits per heavy atom. The third-order valence-corrected chi connectivity index (χ3v) is 4.75. The van der Waals surface area contributed by atoms with Gasteiger partial charge in [-0.15, -0.1) is 0 Å². The van der Waals surface area contributed by atoms with Crippen LogP contribution in [0.3, 0.4) is 0 Å². The summed E-state index contributed by atoms with van der Waals surface area (Å²) in [5.74, 6) is -0.507. The zero-order valence-electron chi connectivity index (χ0n) is 14.2. The molecule has 2 fully saturated rings. The van der Waals surface area contributed by atoms with Crippen LogP contribution in [0.25, 0.3) is 0 Å². The molecule has 2 heterocycles. The second-order valence-corrected chi connectivity index (χ2v) is 6.58. The molecule has 1 aromatic rings. The van der Waals surface area contributed by atoms with Gasteiger partial charge in [0.1, 0.15) is 5.82 Å². The number of benzene rings is 1. The van der Waals surface area contributed by atoms with E-state index in [0.29, 0.717) is 44.5 Å². The molecule has 3 amide bonds. The number of halogens is 1. The van der Waals surface area contributed by atoms with Gasteiger partial charge >= 0.3 is 6.03 Å². The summed E-state index contributed by atoms with van der Waals surface area (Å²) in [4.78, 5) is 26.4. The van der Waals surface area contributed by atoms with E-state index in [1.807, 2.05) is 0 Å². The van der Waals surface area contributed by atoms with Gasteiger partial charge in [0.15, 0.2) is 0 Å². The number of amides is 3. The molecule has 0 spiro atoms. The van der Waals surface area contributed by atoms with Gasteiger partial charge in [-0.2, -0.15) is 0 Å². The van der Waals surface area contributed by atoms with Gasteiger partial charge in [-0.3, -0.25) is 4.79 Å². The van der Waals surface area contributed by atoms with Crippen molar-refractivity contribution < 1.29 is 18.7 Å². The highest BCUT2D eigenvalue weighted by molar-refractivity contribution is 6.03. The lowest BCUT2D eigenvalue weighted by Gasteiger charge is -2.22. The Hall–Kier alpha value is -2.15. The number of anilines is 1. The molecule has 0 bridgehead atoms. The lowest BCUT2D eigenvalue weighted by Crippen LogP contribution is -2.35. The monoisotopic (exact) mass is 349 g/mol. The molecule has 0 atom stereocenters. The maximum Gasteiger partial charge on any atom is 0.321 e. The van der Waals surface area contributed by atoms with E-state index >= 15 is 0 Å². The molecule has 6 nitrogen and oxygen atoms in total. The molecule has 0 unspecified atom stereocenters. The standard InChI is InChI=1S/C18H24FN3O3/c19-14-3-4-16(21-18(24)22-7-1-2-8-22)15(11-14)17(23)20-12-13-5-9-25-10-6-13/h3-4,11,13H,1-2,5-10,12H2,(H,20,23)(H,21,24). The van der Waals surface area contributed by atoms with Crippen molar-refractivity contribution in [1.82, 2.24) is 10.2 Å². The normalized spacial score (nSPS) is 18.2. The second kappa shape index (κ2) is 8.29. The van der Waals surface area contributed by atoms with E-state index < -0.39 is 5.82 Å². The van der Waals surface area contributed by atoms with Crippen molar-refractivity contribution in [1.29, 1.82) is 0 Å².